The Morgan fingerprint density at radius 1 is 1.26 bits per heavy atom. The minimum Gasteiger partial charge on any atom is -0.299 e. The van der Waals surface area contributed by atoms with Gasteiger partial charge in [-0.05, 0) is 37.5 Å². The molecule has 1 aromatic rings. The van der Waals surface area contributed by atoms with Crippen molar-refractivity contribution in [2.75, 3.05) is 6.54 Å². The Hall–Kier alpha value is -1.22. The van der Waals surface area contributed by atoms with E-state index in [1.807, 2.05) is 19.1 Å². The Labute approximate surface area is 114 Å². The molecule has 0 aliphatic carbocycles. The summed E-state index contributed by atoms with van der Waals surface area (Å²) in [5.41, 5.74) is 2.53. The Balaban J connectivity index is 2.15. The molecule has 0 aromatic heterocycles. The van der Waals surface area contributed by atoms with Crippen molar-refractivity contribution in [1.82, 2.24) is 4.90 Å². The number of Topliss-reactive ketones (excluding diaryl/α,β-unsaturated/α-hetero) is 1. The Bertz CT molecular complexity index is 475. The van der Waals surface area contributed by atoms with Gasteiger partial charge in [0.15, 0.2) is 0 Å². The molecule has 0 bridgehead atoms. The molecule has 2 rings (SSSR count). The fraction of sp³-hybridized carbons (Fsp3) is 0.562. The summed E-state index contributed by atoms with van der Waals surface area (Å²) in [7, 11) is 0. The third-order valence-corrected chi connectivity index (χ3v) is 4.33. The Kier molecular flexibility index (Phi) is 4.04. The number of hydrogen-bond acceptors (Lipinski definition) is 2. The lowest BCUT2D eigenvalue weighted by Gasteiger charge is -2.37. The van der Waals surface area contributed by atoms with E-state index in [9.17, 15) is 9.18 Å². The van der Waals surface area contributed by atoms with E-state index in [1.54, 1.807) is 13.8 Å². The number of aryl methyl sites for hydroxylation is 2. The number of hydrogen-bond donors (Lipinski definition) is 0. The van der Waals surface area contributed by atoms with Crippen molar-refractivity contribution in [2.24, 2.45) is 5.92 Å². The zero-order valence-electron chi connectivity index (χ0n) is 12.2. The predicted octanol–water partition coefficient (Wildman–Crippen LogP) is 3.24. The number of likely N-dealkylation sites (tertiary alicyclic amines) is 1. The molecule has 1 aromatic carbocycles. The molecule has 0 amide bonds. The third kappa shape index (κ3) is 2.86. The van der Waals surface area contributed by atoms with Gasteiger partial charge in [-0.1, -0.05) is 19.1 Å². The summed E-state index contributed by atoms with van der Waals surface area (Å²) in [6, 6.07) is 4.08. The van der Waals surface area contributed by atoms with Crippen LogP contribution in [0.4, 0.5) is 4.39 Å². The van der Waals surface area contributed by atoms with E-state index in [0.29, 0.717) is 23.3 Å². The minimum atomic E-state index is -0.112. The first kappa shape index (κ1) is 14.2. The molecule has 0 radical (unpaired) electrons. The lowest BCUT2D eigenvalue weighted by atomic mass is 9.90. The molecular weight excluding hydrogens is 241 g/mol. The number of piperidine rings is 1. The molecule has 2 atom stereocenters. The van der Waals surface area contributed by atoms with Crippen molar-refractivity contribution in [3.05, 3.63) is 34.6 Å². The van der Waals surface area contributed by atoms with Gasteiger partial charge < -0.3 is 0 Å². The molecule has 1 fully saturated rings. The van der Waals surface area contributed by atoms with Crippen LogP contribution < -0.4 is 0 Å². The lowest BCUT2D eigenvalue weighted by Crippen LogP contribution is -2.46. The smallest absolute Gasteiger partial charge is 0.138 e. The quantitative estimate of drug-likeness (QED) is 0.816. The van der Waals surface area contributed by atoms with Gasteiger partial charge in [-0.3, -0.25) is 9.69 Å². The summed E-state index contributed by atoms with van der Waals surface area (Å²) in [5, 5.41) is 0. The first-order valence-corrected chi connectivity index (χ1v) is 6.92. The first-order chi connectivity index (χ1) is 8.90. The zero-order chi connectivity index (χ0) is 14.2. The molecule has 2 nitrogen and oxygen atoms in total. The van der Waals surface area contributed by atoms with Crippen LogP contribution >= 0.6 is 0 Å². The molecule has 0 N–H and O–H groups in total. The van der Waals surface area contributed by atoms with Crippen molar-refractivity contribution in [2.45, 2.75) is 46.7 Å². The first-order valence-electron chi connectivity index (χ1n) is 6.92. The summed E-state index contributed by atoms with van der Waals surface area (Å²) in [4.78, 5) is 14.0. The largest absolute Gasteiger partial charge is 0.299 e. The number of halogens is 1. The predicted molar refractivity (Wildman–Crippen MR) is 74.5 cm³/mol. The fourth-order valence-electron chi connectivity index (χ4n) is 2.85. The van der Waals surface area contributed by atoms with Crippen LogP contribution in [-0.2, 0) is 11.3 Å². The molecular formula is C16H22FNO. The van der Waals surface area contributed by atoms with Crippen molar-refractivity contribution in [3.63, 3.8) is 0 Å². The Morgan fingerprint density at radius 3 is 2.42 bits per heavy atom. The molecule has 0 saturated carbocycles. The van der Waals surface area contributed by atoms with E-state index in [4.69, 9.17) is 0 Å². The van der Waals surface area contributed by atoms with Gasteiger partial charge in [-0.2, -0.15) is 0 Å². The number of nitrogens with zero attached hydrogens (tertiary/aromatic N) is 1. The summed E-state index contributed by atoms with van der Waals surface area (Å²) in [5.74, 6) is 0.339. The van der Waals surface area contributed by atoms with Crippen LogP contribution in [0, 0.1) is 25.6 Å². The van der Waals surface area contributed by atoms with E-state index >= 15 is 0 Å². The van der Waals surface area contributed by atoms with Gasteiger partial charge >= 0.3 is 0 Å². The van der Waals surface area contributed by atoms with Crippen LogP contribution in [0.15, 0.2) is 12.1 Å². The third-order valence-electron chi connectivity index (χ3n) is 4.33. The summed E-state index contributed by atoms with van der Waals surface area (Å²) in [6.45, 7) is 9.31. The van der Waals surface area contributed by atoms with Crippen molar-refractivity contribution in [3.8, 4) is 0 Å². The minimum absolute atomic E-state index is 0.0939. The Morgan fingerprint density at radius 2 is 1.84 bits per heavy atom. The molecule has 104 valence electrons. The highest BCUT2D eigenvalue weighted by Crippen LogP contribution is 2.23. The molecule has 1 heterocycles. The fourth-order valence-corrected chi connectivity index (χ4v) is 2.85. The number of benzene rings is 1. The zero-order valence-corrected chi connectivity index (χ0v) is 12.2. The second kappa shape index (κ2) is 5.41. The number of rotatable bonds is 2. The van der Waals surface area contributed by atoms with Crippen LogP contribution in [0.3, 0.4) is 0 Å². The van der Waals surface area contributed by atoms with Gasteiger partial charge in [0.25, 0.3) is 0 Å². The van der Waals surface area contributed by atoms with E-state index in [1.165, 1.54) is 0 Å². The maximum Gasteiger partial charge on any atom is 0.138 e. The normalized spacial score (nSPS) is 24.8. The van der Waals surface area contributed by atoms with Gasteiger partial charge in [-0.25, -0.2) is 4.39 Å². The van der Waals surface area contributed by atoms with Gasteiger partial charge in [-0.15, -0.1) is 0 Å². The highest BCUT2D eigenvalue weighted by Gasteiger charge is 2.30. The van der Waals surface area contributed by atoms with E-state index in [2.05, 4.69) is 11.8 Å². The average molecular weight is 263 g/mol. The summed E-state index contributed by atoms with van der Waals surface area (Å²) >= 11 is 0. The number of ketones is 1. The molecule has 1 saturated heterocycles. The monoisotopic (exact) mass is 263 g/mol. The van der Waals surface area contributed by atoms with Gasteiger partial charge in [0.1, 0.15) is 11.6 Å². The van der Waals surface area contributed by atoms with Crippen molar-refractivity contribution >= 4 is 5.78 Å². The summed E-state index contributed by atoms with van der Waals surface area (Å²) < 4.78 is 13.6. The molecule has 1 aliphatic heterocycles. The van der Waals surface area contributed by atoms with E-state index in [-0.39, 0.29) is 17.8 Å². The molecule has 2 unspecified atom stereocenters. The topological polar surface area (TPSA) is 20.3 Å². The number of carbonyl (C=O) groups excluding carboxylic acids is 1. The highest BCUT2D eigenvalue weighted by atomic mass is 19.1. The molecule has 3 heteroatoms. The maximum atomic E-state index is 13.6. The average Bonchev–Trinajstić information content (AvgIpc) is 2.36. The standard InChI is InChI=1S/C16H22FNO/c1-10-7-14(8-11(2)16(10)17)9-18-6-5-15(19)12(3)13(18)4/h7-8,12-13H,5-6,9H2,1-4H3. The van der Waals surface area contributed by atoms with Crippen molar-refractivity contribution < 1.29 is 9.18 Å². The molecule has 19 heavy (non-hydrogen) atoms. The SMILES string of the molecule is Cc1cc(CN2CCC(=O)C(C)C2C)cc(C)c1F. The maximum absolute atomic E-state index is 13.6. The van der Waals surface area contributed by atoms with Crippen molar-refractivity contribution in [1.29, 1.82) is 0 Å². The molecule has 0 spiro atoms. The van der Waals surface area contributed by atoms with Gasteiger partial charge in [0.05, 0.1) is 0 Å². The summed E-state index contributed by atoms with van der Waals surface area (Å²) in [6.07, 6.45) is 0.630. The van der Waals surface area contributed by atoms with E-state index < -0.39 is 0 Å². The van der Waals surface area contributed by atoms with Gasteiger partial charge in [0.2, 0.25) is 0 Å². The molecule has 1 aliphatic rings. The second-order valence-electron chi connectivity index (χ2n) is 5.76. The van der Waals surface area contributed by atoms with Gasteiger partial charge in [0, 0.05) is 31.5 Å². The van der Waals surface area contributed by atoms with Crippen LogP contribution in [0.5, 0.6) is 0 Å². The number of carbonyl (C=O) groups is 1. The highest BCUT2D eigenvalue weighted by molar-refractivity contribution is 5.82. The lowest BCUT2D eigenvalue weighted by molar-refractivity contribution is -0.128. The van der Waals surface area contributed by atoms with Crippen LogP contribution in [0.2, 0.25) is 0 Å². The van der Waals surface area contributed by atoms with Crippen LogP contribution in [0.25, 0.3) is 0 Å². The van der Waals surface area contributed by atoms with E-state index in [0.717, 1.165) is 18.7 Å². The van der Waals surface area contributed by atoms with Crippen LogP contribution in [-0.4, -0.2) is 23.3 Å². The second-order valence-corrected chi connectivity index (χ2v) is 5.76. The van der Waals surface area contributed by atoms with Crippen LogP contribution in [0.1, 0.15) is 37.0 Å².